The van der Waals surface area contributed by atoms with Gasteiger partial charge < -0.3 is 9.47 Å². The molecule has 0 aliphatic rings. The molecule has 92 valence electrons. The van der Waals surface area contributed by atoms with Gasteiger partial charge in [0.25, 0.3) is 6.43 Å². The first-order chi connectivity index (χ1) is 7.60. The molecule has 0 amide bonds. The highest BCUT2D eigenvalue weighted by Gasteiger charge is 2.22. The van der Waals surface area contributed by atoms with Gasteiger partial charge >= 0.3 is 0 Å². The van der Waals surface area contributed by atoms with Gasteiger partial charge in [0.15, 0.2) is 5.82 Å². The van der Waals surface area contributed by atoms with Crippen molar-refractivity contribution in [1.29, 1.82) is 0 Å². The molecule has 0 fully saturated rings. The van der Waals surface area contributed by atoms with E-state index in [0.717, 1.165) is 0 Å². The molecule has 1 aromatic heterocycles. The second-order valence-corrected chi connectivity index (χ2v) is 3.00. The number of ether oxygens (including phenoxy) is 2. The van der Waals surface area contributed by atoms with Crippen molar-refractivity contribution in [3.63, 3.8) is 0 Å². The molecule has 0 aliphatic heterocycles. The summed E-state index contributed by atoms with van der Waals surface area (Å²) in [5, 5.41) is 3.59. The summed E-state index contributed by atoms with van der Waals surface area (Å²) in [6, 6.07) is 0. The molecular weight excluding hydrogens is 220 g/mol. The second-order valence-electron chi connectivity index (χ2n) is 3.00. The molecule has 1 aromatic rings. The van der Waals surface area contributed by atoms with Crippen LogP contribution in [0.15, 0.2) is 0 Å². The average molecular weight is 235 g/mol. The van der Waals surface area contributed by atoms with E-state index in [9.17, 15) is 8.78 Å². The smallest absolute Gasteiger partial charge is 0.299 e. The van der Waals surface area contributed by atoms with E-state index in [4.69, 9.17) is 9.47 Å². The Kier molecular flexibility index (Phi) is 4.75. The number of rotatable bonds is 6. The molecule has 0 aliphatic carbocycles. The normalized spacial score (nSPS) is 11.7. The van der Waals surface area contributed by atoms with Crippen LogP contribution in [0.2, 0.25) is 0 Å². The van der Waals surface area contributed by atoms with E-state index in [0.29, 0.717) is 13.2 Å². The molecule has 0 bridgehead atoms. The predicted octanol–water partition coefficient (Wildman–Crippen LogP) is 1.82. The van der Waals surface area contributed by atoms with Crippen molar-refractivity contribution in [1.82, 2.24) is 14.8 Å². The van der Waals surface area contributed by atoms with Crippen molar-refractivity contribution < 1.29 is 18.3 Å². The number of nitrogens with zero attached hydrogens (tertiary/aromatic N) is 3. The lowest BCUT2D eigenvalue weighted by Crippen LogP contribution is -2.14. The van der Waals surface area contributed by atoms with E-state index in [2.05, 4.69) is 10.1 Å². The first-order valence-electron chi connectivity index (χ1n) is 5.02. The molecular formula is C9H15F2N3O2. The van der Waals surface area contributed by atoms with Crippen LogP contribution >= 0.6 is 0 Å². The standard InChI is InChI=1S/C9H15F2N3O2/c1-4-15-9(16-5-2)8-12-7(6(10)11)13-14(8)3/h6,9H,4-5H2,1-3H3. The number of halogens is 2. The van der Waals surface area contributed by atoms with E-state index >= 15 is 0 Å². The van der Waals surface area contributed by atoms with Crippen molar-refractivity contribution in [2.24, 2.45) is 7.05 Å². The third kappa shape index (κ3) is 2.96. The molecule has 16 heavy (non-hydrogen) atoms. The van der Waals surface area contributed by atoms with Crippen LogP contribution in [0.5, 0.6) is 0 Å². The Morgan fingerprint density at radius 2 is 1.81 bits per heavy atom. The predicted molar refractivity (Wildman–Crippen MR) is 52.0 cm³/mol. The van der Waals surface area contributed by atoms with Crippen molar-refractivity contribution in [3.8, 4) is 0 Å². The summed E-state index contributed by atoms with van der Waals surface area (Å²) in [5.74, 6) is -0.263. The Morgan fingerprint density at radius 3 is 2.19 bits per heavy atom. The van der Waals surface area contributed by atoms with Crippen molar-refractivity contribution >= 4 is 0 Å². The fourth-order valence-electron chi connectivity index (χ4n) is 1.21. The highest BCUT2D eigenvalue weighted by molar-refractivity contribution is 4.95. The molecule has 0 aromatic carbocycles. The Labute approximate surface area is 92.4 Å². The molecule has 0 saturated heterocycles. The van der Waals surface area contributed by atoms with Gasteiger partial charge in [-0.3, -0.25) is 0 Å². The lowest BCUT2D eigenvalue weighted by atomic mass is 10.5. The zero-order chi connectivity index (χ0) is 12.1. The zero-order valence-corrected chi connectivity index (χ0v) is 9.48. The summed E-state index contributed by atoms with van der Waals surface area (Å²) < 4.78 is 36.5. The monoisotopic (exact) mass is 235 g/mol. The highest BCUT2D eigenvalue weighted by atomic mass is 19.3. The van der Waals surface area contributed by atoms with Crippen LogP contribution in [0.1, 0.15) is 38.2 Å². The molecule has 7 heteroatoms. The van der Waals surface area contributed by atoms with Crippen LogP contribution in [-0.2, 0) is 16.5 Å². The van der Waals surface area contributed by atoms with Gasteiger partial charge in [0.2, 0.25) is 12.1 Å². The van der Waals surface area contributed by atoms with Crippen molar-refractivity contribution in [3.05, 3.63) is 11.6 Å². The van der Waals surface area contributed by atoms with Gasteiger partial charge in [0.05, 0.1) is 0 Å². The molecule has 0 saturated carbocycles. The van der Waals surface area contributed by atoms with Gasteiger partial charge in [0.1, 0.15) is 0 Å². The minimum Gasteiger partial charge on any atom is -0.346 e. The van der Waals surface area contributed by atoms with E-state index in [1.807, 2.05) is 0 Å². The largest absolute Gasteiger partial charge is 0.346 e. The Bertz CT molecular complexity index is 325. The minimum atomic E-state index is -2.69. The quantitative estimate of drug-likeness (QED) is 0.706. The van der Waals surface area contributed by atoms with Crippen LogP contribution in [0, 0.1) is 0 Å². The summed E-state index contributed by atoms with van der Waals surface area (Å²) >= 11 is 0. The Hall–Kier alpha value is -1.08. The summed E-state index contributed by atoms with van der Waals surface area (Å²) in [4.78, 5) is 3.70. The number of hydrogen-bond acceptors (Lipinski definition) is 4. The molecule has 0 N–H and O–H groups in total. The van der Waals surface area contributed by atoms with Crippen molar-refractivity contribution in [2.45, 2.75) is 26.6 Å². The van der Waals surface area contributed by atoms with Gasteiger partial charge in [-0.1, -0.05) is 0 Å². The van der Waals surface area contributed by atoms with Crippen LogP contribution in [0.25, 0.3) is 0 Å². The Balaban J connectivity index is 2.90. The first kappa shape index (κ1) is 13.0. The topological polar surface area (TPSA) is 49.2 Å². The average Bonchev–Trinajstić information content (AvgIpc) is 2.60. The van der Waals surface area contributed by atoms with E-state index in [1.165, 1.54) is 11.7 Å². The first-order valence-corrected chi connectivity index (χ1v) is 5.02. The number of alkyl halides is 2. The minimum absolute atomic E-state index is 0.249. The molecule has 0 spiro atoms. The maximum absolute atomic E-state index is 12.4. The summed E-state index contributed by atoms with van der Waals surface area (Å²) in [6.07, 6.45) is -3.44. The maximum Gasteiger partial charge on any atom is 0.299 e. The molecule has 0 atom stereocenters. The van der Waals surface area contributed by atoms with E-state index in [-0.39, 0.29) is 5.82 Å². The van der Waals surface area contributed by atoms with Crippen LogP contribution < -0.4 is 0 Å². The van der Waals surface area contributed by atoms with E-state index < -0.39 is 18.5 Å². The van der Waals surface area contributed by atoms with Gasteiger partial charge in [-0.2, -0.15) is 0 Å². The number of aromatic nitrogens is 3. The fourth-order valence-corrected chi connectivity index (χ4v) is 1.21. The van der Waals surface area contributed by atoms with Crippen molar-refractivity contribution in [2.75, 3.05) is 13.2 Å². The Morgan fingerprint density at radius 1 is 1.25 bits per heavy atom. The van der Waals surface area contributed by atoms with Gasteiger partial charge in [-0.25, -0.2) is 18.4 Å². The second kappa shape index (κ2) is 5.86. The number of aryl methyl sites for hydroxylation is 1. The molecule has 5 nitrogen and oxygen atoms in total. The molecule has 1 heterocycles. The van der Waals surface area contributed by atoms with Gasteiger partial charge in [-0.05, 0) is 13.8 Å². The third-order valence-corrected chi connectivity index (χ3v) is 1.86. The van der Waals surface area contributed by atoms with Gasteiger partial charge in [0, 0.05) is 20.3 Å². The summed E-state index contributed by atoms with van der Waals surface area (Å²) in [7, 11) is 1.53. The zero-order valence-electron chi connectivity index (χ0n) is 9.48. The highest BCUT2D eigenvalue weighted by Crippen LogP contribution is 2.20. The fraction of sp³-hybridized carbons (Fsp3) is 0.778. The maximum atomic E-state index is 12.4. The SMILES string of the molecule is CCOC(OCC)c1nc(C(F)F)nn1C. The molecule has 0 unspecified atom stereocenters. The molecule has 1 rings (SSSR count). The summed E-state index contributed by atoms with van der Waals surface area (Å²) in [6.45, 7) is 4.38. The summed E-state index contributed by atoms with van der Waals surface area (Å²) in [5.41, 5.74) is 0. The van der Waals surface area contributed by atoms with Crippen LogP contribution in [0.4, 0.5) is 8.78 Å². The lowest BCUT2D eigenvalue weighted by molar-refractivity contribution is -0.146. The lowest BCUT2D eigenvalue weighted by Gasteiger charge is -2.15. The third-order valence-electron chi connectivity index (χ3n) is 1.86. The number of hydrogen-bond donors (Lipinski definition) is 0. The van der Waals surface area contributed by atoms with Crippen LogP contribution in [-0.4, -0.2) is 28.0 Å². The van der Waals surface area contributed by atoms with Gasteiger partial charge in [-0.15, -0.1) is 5.10 Å². The molecule has 0 radical (unpaired) electrons. The van der Waals surface area contributed by atoms with Crippen LogP contribution in [0.3, 0.4) is 0 Å². The van der Waals surface area contributed by atoms with E-state index in [1.54, 1.807) is 13.8 Å².